The van der Waals surface area contributed by atoms with Crippen LogP contribution in [0.1, 0.15) is 31.7 Å². The Morgan fingerprint density at radius 1 is 1.35 bits per heavy atom. The maximum absolute atomic E-state index is 12.5. The minimum Gasteiger partial charge on any atom is -0.394 e. The third-order valence-electron chi connectivity index (χ3n) is 3.59. The lowest BCUT2D eigenvalue weighted by molar-refractivity contribution is -0.125. The maximum Gasteiger partial charge on any atom is 0.228 e. The molecule has 4 nitrogen and oxygen atoms in total. The van der Waals surface area contributed by atoms with E-state index in [1.54, 1.807) is 7.11 Å². The first kappa shape index (κ1) is 16.7. The smallest absolute Gasteiger partial charge is 0.228 e. The average Bonchev–Trinajstić information content (AvgIpc) is 2.47. The molecule has 0 spiro atoms. The van der Waals surface area contributed by atoms with Crippen LogP contribution < -0.4 is 5.32 Å². The van der Waals surface area contributed by atoms with Crippen molar-refractivity contribution in [2.45, 2.75) is 32.2 Å². The second-order valence-electron chi connectivity index (χ2n) is 5.12. The monoisotopic (exact) mass is 279 g/mol. The van der Waals surface area contributed by atoms with Crippen LogP contribution in [-0.4, -0.2) is 37.4 Å². The number of ether oxygens (including phenoxy) is 1. The number of hydrogen-bond donors (Lipinski definition) is 2. The fourth-order valence-corrected chi connectivity index (χ4v) is 2.27. The Hall–Kier alpha value is -1.39. The number of rotatable bonds is 8. The van der Waals surface area contributed by atoms with Gasteiger partial charge >= 0.3 is 0 Å². The SMILES string of the molecule is CCC(C)C(C(=O)NC(CO)COC)c1ccccc1. The van der Waals surface area contributed by atoms with Gasteiger partial charge in [0.1, 0.15) is 0 Å². The number of hydrogen-bond acceptors (Lipinski definition) is 3. The van der Waals surface area contributed by atoms with Crippen molar-refractivity contribution in [2.75, 3.05) is 20.3 Å². The Morgan fingerprint density at radius 3 is 2.50 bits per heavy atom. The summed E-state index contributed by atoms with van der Waals surface area (Å²) in [6.07, 6.45) is 0.918. The average molecular weight is 279 g/mol. The number of carbonyl (C=O) groups excluding carboxylic acids is 1. The summed E-state index contributed by atoms with van der Waals surface area (Å²) in [4.78, 5) is 12.5. The van der Waals surface area contributed by atoms with Gasteiger partial charge in [0.05, 0.1) is 25.2 Å². The molecular formula is C16H25NO3. The number of amides is 1. The molecule has 0 saturated heterocycles. The Labute approximate surface area is 121 Å². The Bertz CT molecular complexity index is 394. The molecule has 1 aromatic carbocycles. The molecule has 20 heavy (non-hydrogen) atoms. The summed E-state index contributed by atoms with van der Waals surface area (Å²) >= 11 is 0. The summed E-state index contributed by atoms with van der Waals surface area (Å²) < 4.78 is 4.99. The number of nitrogens with one attached hydrogen (secondary N) is 1. The van der Waals surface area contributed by atoms with E-state index in [1.165, 1.54) is 0 Å². The van der Waals surface area contributed by atoms with E-state index in [0.717, 1.165) is 12.0 Å². The minimum absolute atomic E-state index is 0.0540. The van der Waals surface area contributed by atoms with Gasteiger partial charge < -0.3 is 15.2 Å². The predicted octanol–water partition coefficient (Wildman–Crippen LogP) is 1.94. The van der Waals surface area contributed by atoms with Gasteiger partial charge in [-0.3, -0.25) is 4.79 Å². The first-order valence-corrected chi connectivity index (χ1v) is 7.09. The zero-order chi connectivity index (χ0) is 15.0. The Kier molecular flexibility index (Phi) is 7.26. The highest BCUT2D eigenvalue weighted by atomic mass is 16.5. The fraction of sp³-hybridized carbons (Fsp3) is 0.562. The lowest BCUT2D eigenvalue weighted by Gasteiger charge is -2.25. The van der Waals surface area contributed by atoms with E-state index in [0.29, 0.717) is 6.61 Å². The number of aliphatic hydroxyl groups is 1. The molecule has 112 valence electrons. The molecule has 1 rings (SSSR count). The van der Waals surface area contributed by atoms with Crippen LogP contribution in [0.3, 0.4) is 0 Å². The molecule has 0 aliphatic rings. The van der Waals surface area contributed by atoms with Crippen molar-refractivity contribution >= 4 is 5.91 Å². The molecule has 0 saturated carbocycles. The molecule has 4 heteroatoms. The van der Waals surface area contributed by atoms with Gasteiger partial charge in [-0.15, -0.1) is 0 Å². The van der Waals surface area contributed by atoms with Gasteiger partial charge in [0, 0.05) is 7.11 Å². The predicted molar refractivity (Wildman–Crippen MR) is 79.5 cm³/mol. The number of aliphatic hydroxyl groups excluding tert-OH is 1. The molecule has 0 aliphatic carbocycles. The molecule has 0 aromatic heterocycles. The zero-order valence-corrected chi connectivity index (χ0v) is 12.5. The summed E-state index contributed by atoms with van der Waals surface area (Å²) in [6, 6.07) is 9.41. The van der Waals surface area contributed by atoms with E-state index >= 15 is 0 Å². The summed E-state index contributed by atoms with van der Waals surface area (Å²) in [6.45, 7) is 4.33. The number of carbonyl (C=O) groups is 1. The quantitative estimate of drug-likeness (QED) is 0.764. The second kappa shape index (κ2) is 8.72. The molecular weight excluding hydrogens is 254 g/mol. The zero-order valence-electron chi connectivity index (χ0n) is 12.5. The summed E-state index contributed by atoms with van der Waals surface area (Å²) in [7, 11) is 1.55. The van der Waals surface area contributed by atoms with Crippen LogP contribution in [0.15, 0.2) is 30.3 Å². The highest BCUT2D eigenvalue weighted by Crippen LogP contribution is 2.27. The van der Waals surface area contributed by atoms with E-state index in [1.807, 2.05) is 30.3 Å². The van der Waals surface area contributed by atoms with Crippen LogP contribution in [0, 0.1) is 5.92 Å². The van der Waals surface area contributed by atoms with Crippen LogP contribution in [0.2, 0.25) is 0 Å². The molecule has 0 radical (unpaired) electrons. The van der Waals surface area contributed by atoms with E-state index in [2.05, 4.69) is 19.2 Å². The first-order valence-electron chi connectivity index (χ1n) is 7.09. The lowest BCUT2D eigenvalue weighted by atomic mass is 9.84. The molecule has 0 aliphatic heterocycles. The number of benzene rings is 1. The fourth-order valence-electron chi connectivity index (χ4n) is 2.27. The number of methoxy groups -OCH3 is 1. The van der Waals surface area contributed by atoms with Crippen LogP contribution in [0.4, 0.5) is 0 Å². The van der Waals surface area contributed by atoms with Gasteiger partial charge in [-0.25, -0.2) is 0 Å². The second-order valence-corrected chi connectivity index (χ2v) is 5.12. The third-order valence-corrected chi connectivity index (χ3v) is 3.59. The Balaban J connectivity index is 2.86. The van der Waals surface area contributed by atoms with Gasteiger partial charge in [-0.2, -0.15) is 0 Å². The molecule has 3 unspecified atom stereocenters. The van der Waals surface area contributed by atoms with Gasteiger partial charge in [0.25, 0.3) is 0 Å². The third kappa shape index (κ3) is 4.62. The normalized spacial score (nSPS) is 15.4. The van der Waals surface area contributed by atoms with Crippen LogP contribution >= 0.6 is 0 Å². The molecule has 1 amide bonds. The van der Waals surface area contributed by atoms with Crippen LogP contribution in [-0.2, 0) is 9.53 Å². The highest BCUT2D eigenvalue weighted by molar-refractivity contribution is 5.84. The largest absolute Gasteiger partial charge is 0.394 e. The van der Waals surface area contributed by atoms with Crippen molar-refractivity contribution in [1.82, 2.24) is 5.32 Å². The molecule has 0 fully saturated rings. The van der Waals surface area contributed by atoms with Crippen molar-refractivity contribution in [3.05, 3.63) is 35.9 Å². The Morgan fingerprint density at radius 2 is 2.00 bits per heavy atom. The molecule has 0 heterocycles. The van der Waals surface area contributed by atoms with E-state index in [4.69, 9.17) is 4.74 Å². The van der Waals surface area contributed by atoms with Crippen molar-refractivity contribution in [2.24, 2.45) is 5.92 Å². The van der Waals surface area contributed by atoms with E-state index in [9.17, 15) is 9.90 Å². The highest BCUT2D eigenvalue weighted by Gasteiger charge is 2.27. The summed E-state index contributed by atoms with van der Waals surface area (Å²) in [5.41, 5.74) is 1.01. The first-order chi connectivity index (χ1) is 9.63. The van der Waals surface area contributed by atoms with Crippen LogP contribution in [0.5, 0.6) is 0 Å². The molecule has 2 N–H and O–H groups in total. The molecule has 1 aromatic rings. The van der Waals surface area contributed by atoms with Gasteiger partial charge in [-0.1, -0.05) is 50.6 Å². The molecule has 0 bridgehead atoms. The van der Waals surface area contributed by atoms with Crippen molar-refractivity contribution < 1.29 is 14.6 Å². The molecule has 3 atom stereocenters. The van der Waals surface area contributed by atoms with Crippen molar-refractivity contribution in [3.8, 4) is 0 Å². The maximum atomic E-state index is 12.5. The van der Waals surface area contributed by atoms with E-state index in [-0.39, 0.29) is 30.4 Å². The van der Waals surface area contributed by atoms with Gasteiger partial charge in [0.15, 0.2) is 0 Å². The van der Waals surface area contributed by atoms with Gasteiger partial charge in [-0.05, 0) is 11.5 Å². The summed E-state index contributed by atoms with van der Waals surface area (Å²) in [5, 5.41) is 12.1. The van der Waals surface area contributed by atoms with Crippen molar-refractivity contribution in [3.63, 3.8) is 0 Å². The van der Waals surface area contributed by atoms with Crippen molar-refractivity contribution in [1.29, 1.82) is 0 Å². The standard InChI is InChI=1S/C16H25NO3/c1-4-12(2)15(13-8-6-5-7-9-13)16(19)17-14(10-18)11-20-3/h5-9,12,14-15,18H,4,10-11H2,1-3H3,(H,17,19). The van der Waals surface area contributed by atoms with Gasteiger partial charge in [0.2, 0.25) is 5.91 Å². The summed E-state index contributed by atoms with van der Waals surface area (Å²) in [5.74, 6) is -0.0203. The topological polar surface area (TPSA) is 58.6 Å². The minimum atomic E-state index is -0.359. The van der Waals surface area contributed by atoms with Crippen LogP contribution in [0.25, 0.3) is 0 Å². The lowest BCUT2D eigenvalue weighted by Crippen LogP contribution is -2.44. The van der Waals surface area contributed by atoms with E-state index < -0.39 is 0 Å².